The first-order valence-electron chi connectivity index (χ1n) is 8.94. The Morgan fingerprint density at radius 2 is 1.34 bits per heavy atom. The summed E-state index contributed by atoms with van der Waals surface area (Å²) in [4.78, 5) is 10.5. The van der Waals surface area contributed by atoms with Crippen molar-refractivity contribution in [3.05, 3.63) is 89.0 Å². The van der Waals surface area contributed by atoms with Gasteiger partial charge in [-0.25, -0.2) is 0 Å². The number of amides is 1. The Balaban J connectivity index is 2.38. The highest BCUT2D eigenvalue weighted by Gasteiger charge is 2.21. The lowest BCUT2D eigenvalue weighted by Crippen LogP contribution is -2.10. The van der Waals surface area contributed by atoms with Gasteiger partial charge in [-0.1, -0.05) is 36.4 Å². The van der Waals surface area contributed by atoms with Crippen molar-refractivity contribution >= 4 is 43.5 Å². The number of nitrogens with two attached hydrogens (primary N) is 2. The van der Waals surface area contributed by atoms with Crippen LogP contribution in [0.25, 0.3) is 11.6 Å². The van der Waals surface area contributed by atoms with Crippen LogP contribution in [0.15, 0.2) is 76.5 Å². The third kappa shape index (κ3) is 5.03. The number of hydrogen-bond acceptors (Lipinski definition) is 6. The van der Waals surface area contributed by atoms with Crippen LogP contribution < -0.4 is 11.5 Å². The van der Waals surface area contributed by atoms with Crippen LogP contribution in [0.1, 0.15) is 27.0 Å². The molecule has 3 rings (SSSR count). The molecule has 0 bridgehead atoms. The zero-order valence-electron chi connectivity index (χ0n) is 16.3. The van der Waals surface area contributed by atoms with Gasteiger partial charge >= 0.3 is 0 Å². The number of carbonyl (C=O) groups excluding carboxylic acids is 1. The summed E-state index contributed by atoms with van der Waals surface area (Å²) < 4.78 is 67.1. The van der Waals surface area contributed by atoms with Crippen molar-refractivity contribution in [1.82, 2.24) is 0 Å². The van der Waals surface area contributed by atoms with Crippen molar-refractivity contribution < 1.29 is 30.7 Å². The summed E-state index contributed by atoms with van der Waals surface area (Å²) in [5.41, 5.74) is 11.8. The van der Waals surface area contributed by atoms with Gasteiger partial charge in [-0.05, 0) is 53.1 Å². The van der Waals surface area contributed by atoms with E-state index in [0.717, 1.165) is 6.07 Å². The second-order valence-electron chi connectivity index (χ2n) is 6.74. The van der Waals surface area contributed by atoms with Gasteiger partial charge in [0.2, 0.25) is 5.91 Å². The SMILES string of the molecule is NC(=O)c1ccc(C(=Cc2ccccc2S(=O)(=O)O)c2ccc(N)cc2S(=O)(=O)O)cc1. The summed E-state index contributed by atoms with van der Waals surface area (Å²) in [5.74, 6) is -0.676. The zero-order valence-corrected chi connectivity index (χ0v) is 18.0. The van der Waals surface area contributed by atoms with Crippen LogP contribution >= 0.6 is 0 Å². The predicted octanol–water partition coefficient (Wildman–Crippen LogP) is 2.45. The molecule has 3 aromatic carbocycles. The van der Waals surface area contributed by atoms with Gasteiger partial charge in [-0.3, -0.25) is 13.9 Å². The number of rotatable bonds is 6. The average Bonchev–Trinajstić information content (AvgIpc) is 2.71. The molecule has 0 unspecified atom stereocenters. The Hall–Kier alpha value is -3.51. The average molecular weight is 475 g/mol. The summed E-state index contributed by atoms with van der Waals surface area (Å²) in [5, 5.41) is 0. The van der Waals surface area contributed by atoms with E-state index in [1.165, 1.54) is 66.7 Å². The van der Waals surface area contributed by atoms with E-state index < -0.39 is 35.9 Å². The van der Waals surface area contributed by atoms with Crippen molar-refractivity contribution in [3.8, 4) is 0 Å². The van der Waals surface area contributed by atoms with Crippen LogP contribution in [-0.2, 0) is 20.2 Å². The lowest BCUT2D eigenvalue weighted by molar-refractivity contribution is 0.1000. The van der Waals surface area contributed by atoms with Crippen molar-refractivity contribution in [3.63, 3.8) is 0 Å². The second kappa shape index (κ2) is 8.55. The van der Waals surface area contributed by atoms with Crippen molar-refractivity contribution in [2.24, 2.45) is 5.73 Å². The first-order valence-corrected chi connectivity index (χ1v) is 11.8. The number of primary amides is 1. The molecule has 166 valence electrons. The molecule has 0 fully saturated rings. The van der Waals surface area contributed by atoms with Crippen LogP contribution in [-0.4, -0.2) is 31.8 Å². The number of hydrogen-bond donors (Lipinski definition) is 4. The molecular weight excluding hydrogens is 456 g/mol. The van der Waals surface area contributed by atoms with Crippen LogP contribution in [0, 0.1) is 0 Å². The Kier molecular flexibility index (Phi) is 6.19. The molecular formula is C21H18N2O7S2. The van der Waals surface area contributed by atoms with Crippen molar-refractivity contribution in [1.29, 1.82) is 0 Å². The molecule has 0 aliphatic heterocycles. The van der Waals surface area contributed by atoms with E-state index in [4.69, 9.17) is 11.5 Å². The molecule has 0 radical (unpaired) electrons. The number of nitrogen functional groups attached to an aromatic ring is 1. The van der Waals surface area contributed by atoms with E-state index in [1.807, 2.05) is 0 Å². The maximum absolute atomic E-state index is 12.0. The lowest BCUT2D eigenvalue weighted by Gasteiger charge is -2.14. The summed E-state index contributed by atoms with van der Waals surface area (Å²) in [7, 11) is -9.32. The number of anilines is 1. The largest absolute Gasteiger partial charge is 0.399 e. The van der Waals surface area contributed by atoms with E-state index in [1.54, 1.807) is 0 Å². The molecule has 6 N–H and O–H groups in total. The molecule has 32 heavy (non-hydrogen) atoms. The lowest BCUT2D eigenvalue weighted by atomic mass is 9.94. The minimum absolute atomic E-state index is 0.0127. The second-order valence-corrected chi connectivity index (χ2v) is 9.52. The molecule has 0 saturated carbocycles. The quantitative estimate of drug-likeness (QED) is 0.239. The van der Waals surface area contributed by atoms with E-state index >= 15 is 0 Å². The fraction of sp³-hybridized carbons (Fsp3) is 0. The Morgan fingerprint density at radius 1 is 0.781 bits per heavy atom. The summed E-state index contributed by atoms with van der Waals surface area (Å²) >= 11 is 0. The van der Waals surface area contributed by atoms with Gasteiger partial charge in [0.15, 0.2) is 0 Å². The molecule has 0 heterocycles. The third-order valence-electron chi connectivity index (χ3n) is 4.55. The topological polar surface area (TPSA) is 178 Å². The van der Waals surface area contributed by atoms with Crippen molar-refractivity contribution in [2.45, 2.75) is 9.79 Å². The molecule has 0 saturated heterocycles. The minimum atomic E-state index is -4.72. The van der Waals surface area contributed by atoms with E-state index in [0.29, 0.717) is 5.56 Å². The zero-order chi connectivity index (χ0) is 23.7. The van der Waals surface area contributed by atoms with Gasteiger partial charge < -0.3 is 11.5 Å². The third-order valence-corrected chi connectivity index (χ3v) is 6.37. The van der Waals surface area contributed by atoms with Gasteiger partial charge in [0.25, 0.3) is 20.2 Å². The molecule has 0 atom stereocenters. The van der Waals surface area contributed by atoms with Crippen LogP contribution in [0.3, 0.4) is 0 Å². The Bertz CT molecular complexity index is 1440. The molecule has 11 heteroatoms. The number of benzene rings is 3. The van der Waals surface area contributed by atoms with E-state index in [-0.39, 0.29) is 28.0 Å². The van der Waals surface area contributed by atoms with Gasteiger partial charge in [0, 0.05) is 16.8 Å². The van der Waals surface area contributed by atoms with E-state index in [2.05, 4.69) is 0 Å². The fourth-order valence-corrected chi connectivity index (χ4v) is 4.51. The highest BCUT2D eigenvalue weighted by atomic mass is 32.2. The van der Waals surface area contributed by atoms with E-state index in [9.17, 15) is 30.7 Å². The van der Waals surface area contributed by atoms with Gasteiger partial charge in [0.05, 0.1) is 0 Å². The number of carbonyl (C=O) groups is 1. The van der Waals surface area contributed by atoms with Crippen molar-refractivity contribution in [2.75, 3.05) is 5.73 Å². The molecule has 0 aliphatic carbocycles. The monoisotopic (exact) mass is 474 g/mol. The molecule has 3 aromatic rings. The Labute approximate surface area is 184 Å². The highest BCUT2D eigenvalue weighted by molar-refractivity contribution is 7.86. The standard InChI is InChI=1S/C21H18N2O7S2/c22-16-9-10-17(20(12-16)32(28,29)30)18(13-5-7-14(8-6-13)21(23)24)11-15-3-1-2-4-19(15)31(25,26)27/h1-12H,22H2,(H2,23,24)(H,25,26,27)(H,28,29,30). The molecule has 0 aliphatic rings. The Morgan fingerprint density at radius 3 is 1.91 bits per heavy atom. The molecule has 0 spiro atoms. The maximum atomic E-state index is 12.0. The normalized spacial score (nSPS) is 12.5. The fourth-order valence-electron chi connectivity index (χ4n) is 3.10. The maximum Gasteiger partial charge on any atom is 0.295 e. The molecule has 0 aromatic heterocycles. The molecule has 1 amide bonds. The van der Waals surface area contributed by atoms with Crippen LogP contribution in [0.2, 0.25) is 0 Å². The van der Waals surface area contributed by atoms with Crippen LogP contribution in [0.4, 0.5) is 5.69 Å². The van der Waals surface area contributed by atoms with Gasteiger partial charge in [-0.2, -0.15) is 16.8 Å². The summed E-state index contributed by atoms with van der Waals surface area (Å²) in [6.45, 7) is 0. The first-order chi connectivity index (χ1) is 14.9. The highest BCUT2D eigenvalue weighted by Crippen LogP contribution is 2.33. The molecule has 9 nitrogen and oxygen atoms in total. The van der Waals surface area contributed by atoms with Gasteiger partial charge in [-0.15, -0.1) is 0 Å². The smallest absolute Gasteiger partial charge is 0.295 e. The summed E-state index contributed by atoms with van der Waals surface area (Å²) in [6.07, 6.45) is 1.34. The minimum Gasteiger partial charge on any atom is -0.399 e. The predicted molar refractivity (Wildman–Crippen MR) is 119 cm³/mol. The van der Waals surface area contributed by atoms with Gasteiger partial charge in [0.1, 0.15) is 9.79 Å². The summed E-state index contributed by atoms with van der Waals surface area (Å²) in [6, 6.07) is 15.1. The first kappa shape index (κ1) is 23.2. The van der Waals surface area contributed by atoms with Crippen LogP contribution in [0.5, 0.6) is 0 Å².